The Morgan fingerprint density at radius 3 is 2.07 bits per heavy atom. The summed E-state index contributed by atoms with van der Waals surface area (Å²) in [5, 5.41) is 8.67. The maximum Gasteiger partial charge on any atom is 0.303 e. The van der Waals surface area contributed by atoms with Crippen molar-refractivity contribution < 1.29 is 24.3 Å². The molecule has 0 fully saturated rings. The molecule has 0 aliphatic carbocycles. The number of carboxylic acids is 1. The summed E-state index contributed by atoms with van der Waals surface area (Å²) < 4.78 is 0. The summed E-state index contributed by atoms with van der Waals surface area (Å²) in [5.74, 6) is -1.39. The summed E-state index contributed by atoms with van der Waals surface area (Å²) in [5.41, 5.74) is 2.49. The molecule has 3 rings (SSSR count). The van der Waals surface area contributed by atoms with Gasteiger partial charge in [-0.3, -0.25) is 24.1 Å². The molecule has 0 aromatic heterocycles. The van der Waals surface area contributed by atoms with Gasteiger partial charge in [-0.1, -0.05) is 43.3 Å². The van der Waals surface area contributed by atoms with E-state index in [9.17, 15) is 19.2 Å². The first kappa shape index (κ1) is 20.5. The maximum absolute atomic E-state index is 12.4. The molecule has 6 nitrogen and oxygen atoms in total. The number of rotatable bonds is 9. The van der Waals surface area contributed by atoms with Gasteiger partial charge in [0.05, 0.1) is 17.5 Å². The van der Waals surface area contributed by atoms with Crippen LogP contribution in [0, 0.1) is 5.92 Å². The summed E-state index contributed by atoms with van der Waals surface area (Å²) in [7, 11) is 0. The Morgan fingerprint density at radius 1 is 0.931 bits per heavy atom. The number of hydrogen-bond donors (Lipinski definition) is 1. The number of fused-ring (bicyclic) bond motifs is 1. The van der Waals surface area contributed by atoms with Gasteiger partial charge >= 0.3 is 5.97 Å². The molecular weight excluding hydrogens is 370 g/mol. The average Bonchev–Trinajstić information content (AvgIpc) is 2.95. The molecule has 1 aliphatic rings. The van der Waals surface area contributed by atoms with Gasteiger partial charge in [0.1, 0.15) is 0 Å². The van der Waals surface area contributed by atoms with E-state index in [0.717, 1.165) is 12.0 Å². The number of carbonyl (C=O) groups is 4. The van der Waals surface area contributed by atoms with Crippen molar-refractivity contribution in [1.29, 1.82) is 0 Å². The van der Waals surface area contributed by atoms with Crippen molar-refractivity contribution in [2.75, 3.05) is 6.54 Å². The van der Waals surface area contributed by atoms with Crippen molar-refractivity contribution in [2.24, 2.45) is 5.92 Å². The summed E-state index contributed by atoms with van der Waals surface area (Å²) in [6.07, 6.45) is 1.26. The third-order valence-corrected chi connectivity index (χ3v) is 5.15. The fraction of sp³-hybridized carbons (Fsp3) is 0.304. The summed E-state index contributed by atoms with van der Waals surface area (Å²) >= 11 is 0. The van der Waals surface area contributed by atoms with Crippen molar-refractivity contribution in [2.45, 2.75) is 32.6 Å². The number of Topliss-reactive ketones (excluding diaryl/α,β-unsaturated/α-hetero) is 1. The molecule has 29 heavy (non-hydrogen) atoms. The van der Waals surface area contributed by atoms with E-state index in [0.29, 0.717) is 29.7 Å². The number of amides is 2. The van der Waals surface area contributed by atoms with Gasteiger partial charge < -0.3 is 5.11 Å². The minimum atomic E-state index is -0.984. The van der Waals surface area contributed by atoms with Crippen LogP contribution in [-0.2, 0) is 11.2 Å². The van der Waals surface area contributed by atoms with Crippen molar-refractivity contribution in [1.82, 2.24) is 4.90 Å². The van der Waals surface area contributed by atoms with E-state index in [2.05, 4.69) is 6.92 Å². The molecule has 2 amide bonds. The van der Waals surface area contributed by atoms with Crippen LogP contribution >= 0.6 is 0 Å². The van der Waals surface area contributed by atoms with E-state index in [-0.39, 0.29) is 36.4 Å². The van der Waals surface area contributed by atoms with Crippen molar-refractivity contribution >= 4 is 23.6 Å². The highest BCUT2D eigenvalue weighted by molar-refractivity contribution is 6.21. The molecule has 2 aromatic carbocycles. The van der Waals surface area contributed by atoms with Gasteiger partial charge in [-0.25, -0.2) is 0 Å². The lowest BCUT2D eigenvalue weighted by Gasteiger charge is -2.17. The van der Waals surface area contributed by atoms with Gasteiger partial charge in [-0.05, 0) is 36.5 Å². The molecule has 0 radical (unpaired) electrons. The van der Waals surface area contributed by atoms with Gasteiger partial charge in [-0.2, -0.15) is 0 Å². The van der Waals surface area contributed by atoms with Gasteiger partial charge in [0.15, 0.2) is 5.78 Å². The van der Waals surface area contributed by atoms with Crippen LogP contribution in [0.25, 0.3) is 0 Å². The molecule has 150 valence electrons. The van der Waals surface area contributed by atoms with E-state index < -0.39 is 5.97 Å². The summed E-state index contributed by atoms with van der Waals surface area (Å²) in [6.45, 7) is 2.43. The Kier molecular flexibility index (Phi) is 6.22. The quantitative estimate of drug-likeness (QED) is 0.519. The highest BCUT2D eigenvalue weighted by atomic mass is 16.4. The Hall–Kier alpha value is -3.28. The Bertz CT molecular complexity index is 913. The number of imide groups is 1. The Morgan fingerprint density at radius 2 is 1.52 bits per heavy atom. The fourth-order valence-electron chi connectivity index (χ4n) is 3.49. The molecule has 1 atom stereocenters. The molecule has 1 heterocycles. The number of ketones is 1. The van der Waals surface area contributed by atoms with E-state index in [1.54, 1.807) is 36.4 Å². The topological polar surface area (TPSA) is 91.8 Å². The van der Waals surface area contributed by atoms with Crippen LogP contribution in [0.3, 0.4) is 0 Å². The Labute approximate surface area is 169 Å². The smallest absolute Gasteiger partial charge is 0.303 e. The third-order valence-electron chi connectivity index (χ3n) is 5.15. The molecule has 1 N–H and O–H groups in total. The first-order valence-electron chi connectivity index (χ1n) is 9.66. The second-order valence-corrected chi connectivity index (χ2v) is 7.42. The van der Waals surface area contributed by atoms with Crippen LogP contribution < -0.4 is 0 Å². The number of benzene rings is 2. The van der Waals surface area contributed by atoms with Gasteiger partial charge in [0.25, 0.3) is 11.8 Å². The zero-order chi connectivity index (χ0) is 21.0. The largest absolute Gasteiger partial charge is 0.481 e. The second-order valence-electron chi connectivity index (χ2n) is 7.42. The normalized spacial score (nSPS) is 14.0. The first-order chi connectivity index (χ1) is 13.9. The van der Waals surface area contributed by atoms with Gasteiger partial charge in [0, 0.05) is 18.5 Å². The summed E-state index contributed by atoms with van der Waals surface area (Å²) in [4.78, 5) is 48.7. The lowest BCUT2D eigenvalue weighted by molar-refractivity contribution is -0.136. The number of hydrogen-bond acceptors (Lipinski definition) is 4. The number of carboxylic acid groups (broad SMARTS) is 1. The zero-order valence-electron chi connectivity index (χ0n) is 16.3. The SMILES string of the molecule is CC(CCN1C(=O)c2ccccc2C1=O)Cc1ccc(C(=O)CCC(=O)O)cc1. The predicted molar refractivity (Wildman–Crippen MR) is 107 cm³/mol. The number of carbonyl (C=O) groups excluding carboxylic acids is 3. The van der Waals surface area contributed by atoms with E-state index in [4.69, 9.17) is 5.11 Å². The standard InChI is InChI=1S/C23H23NO5/c1-15(12-13-24-22(28)18-4-2-3-5-19(18)23(24)29)14-16-6-8-17(9-7-16)20(25)10-11-21(26)27/h2-9,15H,10-14H2,1H3,(H,26,27). The van der Waals surface area contributed by atoms with Crippen LogP contribution in [0.4, 0.5) is 0 Å². The maximum atomic E-state index is 12.4. The van der Waals surface area contributed by atoms with E-state index in [1.165, 1.54) is 4.90 Å². The molecule has 6 heteroatoms. The van der Waals surface area contributed by atoms with Crippen LogP contribution in [-0.4, -0.2) is 40.1 Å². The van der Waals surface area contributed by atoms with Crippen LogP contribution in [0.15, 0.2) is 48.5 Å². The first-order valence-corrected chi connectivity index (χ1v) is 9.66. The van der Waals surface area contributed by atoms with E-state index in [1.807, 2.05) is 12.1 Å². The number of nitrogens with zero attached hydrogens (tertiary/aromatic N) is 1. The van der Waals surface area contributed by atoms with Crippen LogP contribution in [0.1, 0.15) is 62.8 Å². The van der Waals surface area contributed by atoms with Crippen molar-refractivity contribution in [3.63, 3.8) is 0 Å². The summed E-state index contributed by atoms with van der Waals surface area (Å²) in [6, 6.07) is 14.0. The van der Waals surface area contributed by atoms with Crippen LogP contribution in [0.2, 0.25) is 0 Å². The molecule has 0 bridgehead atoms. The predicted octanol–water partition coefficient (Wildman–Crippen LogP) is 3.60. The van der Waals surface area contributed by atoms with Crippen molar-refractivity contribution in [3.8, 4) is 0 Å². The minimum absolute atomic E-state index is 0.00857. The number of aliphatic carboxylic acids is 1. The third kappa shape index (κ3) is 4.77. The highest BCUT2D eigenvalue weighted by Gasteiger charge is 2.34. The minimum Gasteiger partial charge on any atom is -0.481 e. The molecular formula is C23H23NO5. The monoisotopic (exact) mass is 393 g/mol. The lowest BCUT2D eigenvalue weighted by atomic mass is 9.96. The molecule has 1 aliphatic heterocycles. The molecule has 1 unspecified atom stereocenters. The molecule has 0 spiro atoms. The van der Waals surface area contributed by atoms with Gasteiger partial charge in [-0.15, -0.1) is 0 Å². The Balaban J connectivity index is 1.52. The zero-order valence-corrected chi connectivity index (χ0v) is 16.3. The van der Waals surface area contributed by atoms with E-state index >= 15 is 0 Å². The molecule has 0 saturated heterocycles. The van der Waals surface area contributed by atoms with Crippen molar-refractivity contribution in [3.05, 3.63) is 70.8 Å². The fourth-order valence-corrected chi connectivity index (χ4v) is 3.49. The molecule has 2 aromatic rings. The van der Waals surface area contributed by atoms with Crippen LogP contribution in [0.5, 0.6) is 0 Å². The molecule has 0 saturated carbocycles. The van der Waals surface area contributed by atoms with Gasteiger partial charge in [0.2, 0.25) is 0 Å². The second kappa shape index (κ2) is 8.82. The highest BCUT2D eigenvalue weighted by Crippen LogP contribution is 2.24. The average molecular weight is 393 g/mol. The lowest BCUT2D eigenvalue weighted by Crippen LogP contribution is -2.31.